The van der Waals surface area contributed by atoms with Gasteiger partial charge in [-0.2, -0.15) is 0 Å². The van der Waals surface area contributed by atoms with Gasteiger partial charge in [-0.05, 0) is 62.0 Å². The van der Waals surface area contributed by atoms with E-state index >= 15 is 0 Å². The van der Waals surface area contributed by atoms with Crippen LogP contribution < -0.4 is 5.46 Å². The van der Waals surface area contributed by atoms with Crippen LogP contribution in [-0.4, -0.2) is 18.3 Å². The van der Waals surface area contributed by atoms with Crippen molar-refractivity contribution in [2.75, 3.05) is 0 Å². The van der Waals surface area contributed by atoms with Crippen molar-refractivity contribution < 1.29 is 18.1 Å². The van der Waals surface area contributed by atoms with Crippen LogP contribution in [-0.2, 0) is 9.31 Å². The van der Waals surface area contributed by atoms with Crippen LogP contribution in [0.3, 0.4) is 0 Å². The zero-order valence-corrected chi connectivity index (χ0v) is 26.8. The Kier molecular flexibility index (Phi) is 6.11. The molecule has 0 aliphatic carbocycles. The Morgan fingerprint density at radius 3 is 1.62 bits per heavy atom. The van der Waals surface area contributed by atoms with Gasteiger partial charge in [0.15, 0.2) is 0 Å². The van der Waals surface area contributed by atoms with Crippen molar-refractivity contribution in [1.82, 2.24) is 0 Å². The first-order chi connectivity index (χ1) is 22.8. The summed E-state index contributed by atoms with van der Waals surface area (Å²) in [7, 11) is -0.492. The lowest BCUT2D eigenvalue weighted by Gasteiger charge is -2.32. The SMILES string of the molecule is CC1(C)OB(c2cc(-c3ccccc3)cc(-c3cccc4c3oc3c(-c5cccc6c5oc5ccccc56)cccc34)c2)OC1(C)C. The summed E-state index contributed by atoms with van der Waals surface area (Å²) in [6.45, 7) is 8.36. The van der Waals surface area contributed by atoms with Crippen molar-refractivity contribution in [3.05, 3.63) is 127 Å². The second kappa shape index (κ2) is 10.2. The van der Waals surface area contributed by atoms with Crippen molar-refractivity contribution in [1.29, 1.82) is 0 Å². The van der Waals surface area contributed by atoms with Gasteiger partial charge in [-0.15, -0.1) is 0 Å². The maximum absolute atomic E-state index is 6.92. The van der Waals surface area contributed by atoms with Crippen LogP contribution in [0.25, 0.3) is 77.3 Å². The summed E-state index contributed by atoms with van der Waals surface area (Å²) in [4.78, 5) is 0. The molecule has 0 amide bonds. The van der Waals surface area contributed by atoms with Gasteiger partial charge in [0.1, 0.15) is 22.3 Å². The highest BCUT2D eigenvalue weighted by atomic mass is 16.7. The molecular weight excluding hydrogens is 579 g/mol. The van der Waals surface area contributed by atoms with E-state index in [0.717, 1.165) is 82.7 Å². The predicted octanol–water partition coefficient (Wildman–Crippen LogP) is 10.8. The molecule has 0 N–H and O–H groups in total. The van der Waals surface area contributed by atoms with Crippen LogP contribution in [0.1, 0.15) is 27.7 Å². The third-order valence-corrected chi connectivity index (χ3v) is 10.1. The lowest BCUT2D eigenvalue weighted by Crippen LogP contribution is -2.41. The maximum Gasteiger partial charge on any atom is 0.494 e. The normalized spacial score (nSPS) is 15.8. The largest absolute Gasteiger partial charge is 0.494 e. The summed E-state index contributed by atoms with van der Waals surface area (Å²) in [5, 5.41) is 4.34. The quantitative estimate of drug-likeness (QED) is 0.186. The molecule has 6 aromatic carbocycles. The first kappa shape index (κ1) is 28.2. The zero-order chi connectivity index (χ0) is 31.9. The molecule has 8 aromatic rings. The molecular formula is C42H33BO4. The van der Waals surface area contributed by atoms with Gasteiger partial charge in [-0.1, -0.05) is 115 Å². The van der Waals surface area contributed by atoms with Gasteiger partial charge < -0.3 is 18.1 Å². The van der Waals surface area contributed by atoms with E-state index in [0.29, 0.717) is 0 Å². The van der Waals surface area contributed by atoms with Crippen LogP contribution in [0.5, 0.6) is 0 Å². The molecule has 0 spiro atoms. The fourth-order valence-corrected chi connectivity index (χ4v) is 6.94. The molecule has 4 nitrogen and oxygen atoms in total. The van der Waals surface area contributed by atoms with Gasteiger partial charge in [0.2, 0.25) is 0 Å². The van der Waals surface area contributed by atoms with Crippen LogP contribution in [0.2, 0.25) is 0 Å². The standard InChI is InChI=1S/C42H33BO4/c1-41(2)42(3,4)47-43(46-41)29-24-27(26-13-6-5-7-14-26)23-28(25-29)30-16-10-18-33-35-20-12-21-36(40(35)45-38(30)33)34-19-11-17-32-31-15-8-9-22-37(31)44-39(32)34/h5-25H,1-4H3. The molecule has 1 aliphatic heterocycles. The fraction of sp³-hybridized carbons (Fsp3) is 0.143. The molecule has 9 rings (SSSR count). The van der Waals surface area contributed by atoms with Crippen molar-refractivity contribution >= 4 is 56.5 Å². The Bertz CT molecular complexity index is 2470. The molecule has 0 bridgehead atoms. The van der Waals surface area contributed by atoms with Crippen LogP contribution in [0.4, 0.5) is 0 Å². The van der Waals surface area contributed by atoms with Crippen LogP contribution >= 0.6 is 0 Å². The topological polar surface area (TPSA) is 44.7 Å². The van der Waals surface area contributed by atoms with Gasteiger partial charge >= 0.3 is 7.12 Å². The molecule has 0 unspecified atom stereocenters. The molecule has 0 radical (unpaired) electrons. The second-order valence-electron chi connectivity index (χ2n) is 13.5. The summed E-state index contributed by atoms with van der Waals surface area (Å²) in [6, 6.07) is 44.4. The van der Waals surface area contributed by atoms with Crippen LogP contribution in [0.15, 0.2) is 136 Å². The highest BCUT2D eigenvalue weighted by Gasteiger charge is 2.51. The van der Waals surface area contributed by atoms with E-state index in [-0.39, 0.29) is 0 Å². The highest BCUT2D eigenvalue weighted by Crippen LogP contribution is 2.43. The number of hydrogen-bond acceptors (Lipinski definition) is 4. The van der Waals surface area contributed by atoms with E-state index in [1.54, 1.807) is 0 Å². The molecule has 1 fully saturated rings. The lowest BCUT2D eigenvalue weighted by molar-refractivity contribution is 0.00578. The average Bonchev–Trinajstić information content (AvgIpc) is 3.73. The second-order valence-corrected chi connectivity index (χ2v) is 13.5. The average molecular weight is 613 g/mol. The number of furan rings is 2. The Balaban J connectivity index is 1.25. The number of rotatable bonds is 4. The van der Waals surface area contributed by atoms with Gasteiger partial charge in [-0.3, -0.25) is 0 Å². The lowest BCUT2D eigenvalue weighted by atomic mass is 9.76. The zero-order valence-electron chi connectivity index (χ0n) is 26.8. The van der Waals surface area contributed by atoms with E-state index in [1.165, 1.54) is 0 Å². The van der Waals surface area contributed by atoms with E-state index in [4.69, 9.17) is 18.1 Å². The molecule has 0 saturated carbocycles. The summed E-state index contributed by atoms with van der Waals surface area (Å²) < 4.78 is 26.4. The Morgan fingerprint density at radius 1 is 0.426 bits per heavy atom. The minimum atomic E-state index is -0.492. The third-order valence-electron chi connectivity index (χ3n) is 10.1. The first-order valence-electron chi connectivity index (χ1n) is 16.2. The van der Waals surface area contributed by atoms with Gasteiger partial charge in [0.05, 0.1) is 11.2 Å². The van der Waals surface area contributed by atoms with Gasteiger partial charge in [-0.25, -0.2) is 0 Å². The number of benzene rings is 6. The first-order valence-corrected chi connectivity index (χ1v) is 16.2. The van der Waals surface area contributed by atoms with Crippen molar-refractivity contribution in [2.45, 2.75) is 38.9 Å². The summed E-state index contributed by atoms with van der Waals surface area (Å²) in [5.74, 6) is 0. The summed E-state index contributed by atoms with van der Waals surface area (Å²) in [5.41, 5.74) is 9.82. The number of para-hydroxylation sites is 4. The highest BCUT2D eigenvalue weighted by molar-refractivity contribution is 6.62. The maximum atomic E-state index is 6.92. The Hall–Kier alpha value is -5.10. The summed E-state index contributed by atoms with van der Waals surface area (Å²) >= 11 is 0. The molecule has 1 saturated heterocycles. The van der Waals surface area contributed by atoms with Crippen molar-refractivity contribution in [3.63, 3.8) is 0 Å². The number of fused-ring (bicyclic) bond motifs is 6. The molecule has 2 aromatic heterocycles. The molecule has 1 aliphatic rings. The Labute approximate surface area is 273 Å². The predicted molar refractivity (Wildman–Crippen MR) is 193 cm³/mol. The Morgan fingerprint density at radius 2 is 0.936 bits per heavy atom. The summed E-state index contributed by atoms with van der Waals surface area (Å²) in [6.07, 6.45) is 0. The minimum Gasteiger partial charge on any atom is -0.455 e. The molecule has 5 heteroatoms. The van der Waals surface area contributed by atoms with E-state index in [1.807, 2.05) is 18.2 Å². The monoisotopic (exact) mass is 612 g/mol. The van der Waals surface area contributed by atoms with Gasteiger partial charge in [0, 0.05) is 38.2 Å². The van der Waals surface area contributed by atoms with Crippen molar-refractivity contribution in [2.24, 2.45) is 0 Å². The van der Waals surface area contributed by atoms with Gasteiger partial charge in [0.25, 0.3) is 0 Å². The third kappa shape index (κ3) is 4.38. The van der Waals surface area contributed by atoms with E-state index in [2.05, 4.69) is 137 Å². The number of hydrogen-bond donors (Lipinski definition) is 0. The van der Waals surface area contributed by atoms with E-state index in [9.17, 15) is 0 Å². The van der Waals surface area contributed by atoms with Crippen molar-refractivity contribution in [3.8, 4) is 33.4 Å². The van der Waals surface area contributed by atoms with E-state index < -0.39 is 18.3 Å². The molecule has 47 heavy (non-hydrogen) atoms. The van der Waals surface area contributed by atoms with Crippen LogP contribution in [0, 0.1) is 0 Å². The minimum absolute atomic E-state index is 0.446. The molecule has 228 valence electrons. The molecule has 3 heterocycles. The fourth-order valence-electron chi connectivity index (χ4n) is 6.94. The smallest absolute Gasteiger partial charge is 0.455 e. The molecule has 0 atom stereocenters.